The van der Waals surface area contributed by atoms with Crippen molar-refractivity contribution in [2.24, 2.45) is 0 Å². The average molecular weight is 90.1 g/mol. The fourth-order valence-electron chi connectivity index (χ4n) is 1.06. The van der Waals surface area contributed by atoms with Gasteiger partial charge in [0.2, 0.25) is 0 Å². The van der Waals surface area contributed by atoms with Crippen LogP contribution in [0.1, 0.15) is 12.8 Å². The van der Waals surface area contributed by atoms with Gasteiger partial charge >= 0.3 is 0 Å². The summed E-state index contributed by atoms with van der Waals surface area (Å²) < 4.78 is 0. The highest BCUT2D eigenvalue weighted by Gasteiger charge is 2.15. The van der Waals surface area contributed by atoms with Gasteiger partial charge in [-0.15, -0.1) is 0 Å². The van der Waals surface area contributed by atoms with E-state index < -0.39 is 0 Å². The summed E-state index contributed by atoms with van der Waals surface area (Å²) in [6.45, 7) is 0. The molecule has 34 valence electrons. The maximum Gasteiger partial charge on any atom is 0.0123 e. The summed E-state index contributed by atoms with van der Waals surface area (Å²) in [6.07, 6.45) is 9.97. The Bertz CT molecular complexity index is 131. The molecule has 1 saturated carbocycles. The van der Waals surface area contributed by atoms with Crippen LogP contribution in [-0.2, 0) is 0 Å². The lowest BCUT2D eigenvalue weighted by Crippen LogP contribution is -1.68. The lowest BCUT2D eigenvalue weighted by Gasteiger charge is -1.86. The van der Waals surface area contributed by atoms with Crippen molar-refractivity contribution in [1.82, 2.24) is 0 Å². The predicted octanol–water partition coefficient (Wildman–Crippen LogP) is 1.65. The highest BCUT2D eigenvalue weighted by atomic mass is 14.2. The number of hydrogen-bond acceptors (Lipinski definition) is 0. The molecular weight excluding hydrogens is 84.1 g/mol. The molecule has 0 heterocycles. The zero-order chi connectivity index (χ0) is 4.69. The van der Waals surface area contributed by atoms with Gasteiger partial charge in [0.15, 0.2) is 0 Å². The Morgan fingerprint density at radius 1 is 1.43 bits per heavy atom. The molecule has 0 saturated heterocycles. The van der Waals surface area contributed by atoms with Gasteiger partial charge in [-0.1, -0.05) is 17.2 Å². The minimum Gasteiger partial charge on any atom is -0.0612 e. The van der Waals surface area contributed by atoms with E-state index in [-0.39, 0.29) is 0 Å². The van der Waals surface area contributed by atoms with Crippen LogP contribution in [0, 0.1) is 12.5 Å². The van der Waals surface area contributed by atoms with Crippen LogP contribution < -0.4 is 0 Å². The molecule has 2 aliphatic rings. The molecule has 0 aromatic heterocycles. The van der Waals surface area contributed by atoms with Crippen LogP contribution in [-0.4, -0.2) is 0 Å². The molecule has 0 N–H and O–H groups in total. The Balaban J connectivity index is 2.45. The van der Waals surface area contributed by atoms with Gasteiger partial charge in [0.25, 0.3) is 0 Å². The van der Waals surface area contributed by atoms with E-state index >= 15 is 0 Å². The average Bonchev–Trinajstić information content (AvgIpc) is 2.22. The van der Waals surface area contributed by atoms with Gasteiger partial charge in [-0.2, -0.15) is 0 Å². The first kappa shape index (κ1) is 3.48. The molecule has 2 aliphatic carbocycles. The summed E-state index contributed by atoms with van der Waals surface area (Å²) in [7, 11) is 0. The third-order valence-corrected chi connectivity index (χ3v) is 1.49. The van der Waals surface area contributed by atoms with E-state index in [1.165, 1.54) is 24.0 Å². The smallest absolute Gasteiger partial charge is 0.0123 e. The first-order valence-electron chi connectivity index (χ1n) is 2.61. The van der Waals surface area contributed by atoms with Crippen molar-refractivity contribution in [3.8, 4) is 0 Å². The van der Waals surface area contributed by atoms with Crippen molar-refractivity contribution in [1.29, 1.82) is 0 Å². The van der Waals surface area contributed by atoms with Crippen molar-refractivity contribution < 1.29 is 0 Å². The van der Waals surface area contributed by atoms with Crippen molar-refractivity contribution in [3.63, 3.8) is 0 Å². The van der Waals surface area contributed by atoms with Gasteiger partial charge < -0.3 is 0 Å². The minimum absolute atomic E-state index is 1.24. The summed E-state index contributed by atoms with van der Waals surface area (Å²) in [5.74, 6) is 0. The van der Waals surface area contributed by atoms with Crippen molar-refractivity contribution in [3.05, 3.63) is 29.7 Å². The van der Waals surface area contributed by atoms with E-state index in [9.17, 15) is 0 Å². The van der Waals surface area contributed by atoms with E-state index in [1.54, 1.807) is 0 Å². The summed E-state index contributed by atoms with van der Waals surface area (Å²) in [6, 6.07) is 0. The number of rotatable bonds is 0. The normalized spacial score (nSPS) is 25.1. The Hall–Kier alpha value is -0.520. The van der Waals surface area contributed by atoms with Crippen LogP contribution in [0.5, 0.6) is 0 Å². The monoisotopic (exact) mass is 90.0 g/mol. The van der Waals surface area contributed by atoms with Crippen LogP contribution in [0.25, 0.3) is 0 Å². The topological polar surface area (TPSA) is 0 Å². The molecule has 0 heteroatoms. The molecule has 0 atom stereocenters. The molecule has 7 heavy (non-hydrogen) atoms. The second kappa shape index (κ2) is 1.00. The van der Waals surface area contributed by atoms with Gasteiger partial charge in [-0.3, -0.25) is 0 Å². The van der Waals surface area contributed by atoms with Crippen LogP contribution in [0.2, 0.25) is 0 Å². The van der Waals surface area contributed by atoms with E-state index in [2.05, 4.69) is 18.6 Å². The second-order valence-corrected chi connectivity index (χ2v) is 2.03. The number of hydrogen-bond donors (Lipinski definition) is 0. The molecule has 2 bridgehead atoms. The summed E-state index contributed by atoms with van der Waals surface area (Å²) in [5, 5.41) is 0. The lowest BCUT2D eigenvalue weighted by atomic mass is 10.2. The van der Waals surface area contributed by atoms with Crippen molar-refractivity contribution >= 4 is 0 Å². The second-order valence-electron chi connectivity index (χ2n) is 2.03. The number of allylic oxidation sites excluding steroid dienone is 4. The Labute approximate surface area is 43.5 Å². The van der Waals surface area contributed by atoms with Crippen LogP contribution in [0.4, 0.5) is 0 Å². The quantitative estimate of drug-likeness (QED) is 0.424. The standard InChI is InChI=1S/C7H6/c1-2-7-4-3-6(1)5-7/h1,5H,3-4H2. The van der Waals surface area contributed by atoms with Crippen LogP contribution >= 0.6 is 0 Å². The molecule has 0 nitrogen and oxygen atoms in total. The molecule has 2 radical (unpaired) electrons. The Morgan fingerprint density at radius 3 is 2.57 bits per heavy atom. The highest BCUT2D eigenvalue weighted by molar-refractivity contribution is 5.43. The van der Waals surface area contributed by atoms with Gasteiger partial charge in [-0.05, 0) is 18.9 Å². The first-order chi connectivity index (χ1) is 3.45. The molecule has 0 spiro atoms. The minimum atomic E-state index is 1.24. The fourth-order valence-corrected chi connectivity index (χ4v) is 1.06. The van der Waals surface area contributed by atoms with Crippen LogP contribution in [0.15, 0.2) is 17.2 Å². The van der Waals surface area contributed by atoms with E-state index in [1.807, 2.05) is 0 Å². The molecule has 0 amide bonds. The summed E-state index contributed by atoms with van der Waals surface area (Å²) in [5.41, 5.74) is 2.87. The molecule has 1 fully saturated rings. The van der Waals surface area contributed by atoms with E-state index in [4.69, 9.17) is 0 Å². The SMILES string of the molecule is [C]1=C2[CH]C(=C1)CC2. The van der Waals surface area contributed by atoms with Gasteiger partial charge in [-0.25, -0.2) is 0 Å². The van der Waals surface area contributed by atoms with E-state index in [0.29, 0.717) is 0 Å². The zero-order valence-corrected chi connectivity index (χ0v) is 4.07. The first-order valence-corrected chi connectivity index (χ1v) is 2.61. The van der Waals surface area contributed by atoms with Crippen molar-refractivity contribution in [2.45, 2.75) is 12.8 Å². The lowest BCUT2D eigenvalue weighted by molar-refractivity contribution is 1.03. The molecule has 0 aliphatic heterocycles. The maximum atomic E-state index is 3.16. The Kier molecular flexibility index (Phi) is 0.498. The van der Waals surface area contributed by atoms with Crippen molar-refractivity contribution in [2.75, 3.05) is 0 Å². The molecule has 0 aromatic carbocycles. The fraction of sp³-hybridized carbons (Fsp3) is 0.286. The maximum absolute atomic E-state index is 3.16. The van der Waals surface area contributed by atoms with Crippen LogP contribution in [0.3, 0.4) is 0 Å². The molecule has 0 unspecified atom stereocenters. The van der Waals surface area contributed by atoms with Gasteiger partial charge in [0.1, 0.15) is 0 Å². The molecule has 2 rings (SSSR count). The largest absolute Gasteiger partial charge is 0.0612 e. The summed E-state index contributed by atoms with van der Waals surface area (Å²) in [4.78, 5) is 0. The highest BCUT2D eigenvalue weighted by Crippen LogP contribution is 2.32. The third kappa shape index (κ3) is 0.365. The number of fused-ring (bicyclic) bond motifs is 2. The molecule has 0 aromatic rings. The molecular formula is C7H6. The van der Waals surface area contributed by atoms with E-state index in [0.717, 1.165) is 0 Å². The third-order valence-electron chi connectivity index (χ3n) is 1.49. The zero-order valence-electron chi connectivity index (χ0n) is 4.07. The Morgan fingerprint density at radius 2 is 2.43 bits per heavy atom. The predicted molar refractivity (Wildman–Crippen MR) is 28.4 cm³/mol. The summed E-state index contributed by atoms with van der Waals surface area (Å²) >= 11 is 0. The van der Waals surface area contributed by atoms with Gasteiger partial charge in [0.05, 0.1) is 0 Å². The van der Waals surface area contributed by atoms with Gasteiger partial charge in [0, 0.05) is 6.42 Å².